The van der Waals surface area contributed by atoms with Gasteiger partial charge in [-0.25, -0.2) is 0 Å². The highest BCUT2D eigenvalue weighted by Gasteiger charge is 2.82. The molecule has 0 saturated carbocycles. The van der Waals surface area contributed by atoms with Crippen molar-refractivity contribution >= 4 is 11.7 Å². The second-order valence-electron chi connectivity index (χ2n) is 14.1. The quantitative estimate of drug-likeness (QED) is 0.235. The standard InChI is InChI=1S/C32H32F6N4O2/c1-25(2)27(5,6)41(43)23(39-25)17-15-19-10-9-18-11-13-21(24-40-26(3,4)28(7,8)42(24)44)22-14-12-20(16-17)29(19,31(33,34)35)30(18,22)32(36,37)38/h9-16H,1-8H3/t29-,30-/m1/s1. The predicted octanol–water partition coefficient (Wildman–Crippen LogP) is 7.77. The van der Waals surface area contributed by atoms with E-state index in [2.05, 4.69) is 9.98 Å². The number of nitroso groups, excluding NO2 is 1. The summed E-state index contributed by atoms with van der Waals surface area (Å²) in [5.74, 6) is -0.524. The van der Waals surface area contributed by atoms with Gasteiger partial charge in [-0.2, -0.15) is 26.3 Å². The van der Waals surface area contributed by atoms with Crippen molar-refractivity contribution in [2.24, 2.45) is 20.8 Å². The lowest BCUT2D eigenvalue weighted by molar-refractivity contribution is -0.514. The molecular formula is C32H32F6N4O2. The zero-order valence-corrected chi connectivity index (χ0v) is 25.5. The van der Waals surface area contributed by atoms with E-state index in [-0.39, 0.29) is 22.8 Å². The van der Waals surface area contributed by atoms with E-state index in [0.717, 1.165) is 42.5 Å². The molecule has 2 atom stereocenters. The summed E-state index contributed by atoms with van der Waals surface area (Å²) in [4.78, 5) is 22.3. The van der Waals surface area contributed by atoms with Gasteiger partial charge in [0.1, 0.15) is 16.7 Å². The Bertz CT molecular complexity index is 1720. The highest BCUT2D eigenvalue weighted by Crippen LogP contribution is 2.76. The van der Waals surface area contributed by atoms with Crippen molar-refractivity contribution < 1.29 is 31.1 Å². The summed E-state index contributed by atoms with van der Waals surface area (Å²) in [6.07, 6.45) is -2.65. The van der Waals surface area contributed by atoms with Crippen LogP contribution in [0.1, 0.15) is 55.4 Å². The topological polar surface area (TPSA) is 71.1 Å². The van der Waals surface area contributed by atoms with Crippen LogP contribution < -0.4 is 0 Å². The van der Waals surface area contributed by atoms with Crippen molar-refractivity contribution in [1.82, 2.24) is 5.06 Å². The average Bonchev–Trinajstić information content (AvgIpc) is 3.16. The van der Waals surface area contributed by atoms with Gasteiger partial charge in [-0.15, -0.1) is 0 Å². The summed E-state index contributed by atoms with van der Waals surface area (Å²) < 4.78 is 95.6. The normalized spacial score (nSPS) is 32.5. The molecule has 44 heavy (non-hydrogen) atoms. The summed E-state index contributed by atoms with van der Waals surface area (Å²) in [6, 6.07) is 0. The van der Waals surface area contributed by atoms with Gasteiger partial charge in [0.05, 0.1) is 11.1 Å². The zero-order chi connectivity index (χ0) is 32.8. The minimum absolute atomic E-state index is 0.0213. The van der Waals surface area contributed by atoms with Crippen LogP contribution in [0, 0.1) is 20.9 Å². The second-order valence-corrected chi connectivity index (χ2v) is 14.1. The molecular weight excluding hydrogens is 586 g/mol. The third-order valence-electron chi connectivity index (χ3n) is 11.0. The molecule has 12 heteroatoms. The van der Waals surface area contributed by atoms with E-state index in [1.54, 1.807) is 55.4 Å². The Morgan fingerprint density at radius 1 is 0.727 bits per heavy atom. The molecule has 0 saturated heterocycles. The number of hydrogen-bond acceptors (Lipinski definition) is 5. The Hall–Kier alpha value is -3.54. The average molecular weight is 619 g/mol. The van der Waals surface area contributed by atoms with Gasteiger partial charge in [0, 0.05) is 11.1 Å². The fourth-order valence-electron chi connectivity index (χ4n) is 7.12. The van der Waals surface area contributed by atoms with Crippen LogP contribution in [-0.2, 0) is 0 Å². The van der Waals surface area contributed by atoms with Crippen LogP contribution in [0.15, 0.2) is 92.0 Å². The van der Waals surface area contributed by atoms with Crippen molar-refractivity contribution in [3.63, 3.8) is 0 Å². The van der Waals surface area contributed by atoms with Crippen LogP contribution >= 0.6 is 0 Å². The van der Waals surface area contributed by atoms with Crippen molar-refractivity contribution in [3.8, 4) is 0 Å². The highest BCUT2D eigenvalue weighted by molar-refractivity contribution is 6.06. The van der Waals surface area contributed by atoms with Gasteiger partial charge in [-0.3, -0.25) is 4.99 Å². The SMILES string of the molecule is CC1(C)N=C(C2=CC=C3C=CC4=CC(C5=NC(C)(C)C(C)(C)[N+]5=O)=CC5=CC=C2[C@@]3(C(F)(F)F)[C@]54C(F)(F)F)N([O-])C1(C)C. The molecule has 0 fully saturated rings. The minimum atomic E-state index is -5.49. The second kappa shape index (κ2) is 8.18. The number of nitrogens with zero attached hydrogens (tertiary/aromatic N) is 4. The van der Waals surface area contributed by atoms with Gasteiger partial charge in [0.15, 0.2) is 11.1 Å². The highest BCUT2D eigenvalue weighted by atomic mass is 19.4. The molecule has 0 aromatic heterocycles. The van der Waals surface area contributed by atoms with Crippen LogP contribution in [0.25, 0.3) is 0 Å². The van der Waals surface area contributed by atoms with Gasteiger partial charge >= 0.3 is 18.2 Å². The number of rotatable bonds is 2. The maximum Gasteiger partial charge on any atom is 0.403 e. The number of allylic oxidation sites excluding steroid dienone is 10. The number of aliphatic imine (C=N–C) groups is 2. The largest absolute Gasteiger partial charge is 0.757 e. The van der Waals surface area contributed by atoms with Crippen molar-refractivity contribution in [2.75, 3.05) is 0 Å². The summed E-state index contributed by atoms with van der Waals surface area (Å²) in [7, 11) is 0. The van der Waals surface area contributed by atoms with Crippen LogP contribution in [-0.4, -0.2) is 56.0 Å². The van der Waals surface area contributed by atoms with E-state index in [1.807, 2.05) is 0 Å². The molecule has 0 amide bonds. The Morgan fingerprint density at radius 2 is 1.30 bits per heavy atom. The molecule has 6 nitrogen and oxygen atoms in total. The minimum Gasteiger partial charge on any atom is -0.757 e. The van der Waals surface area contributed by atoms with Crippen LogP contribution in [0.3, 0.4) is 0 Å². The van der Waals surface area contributed by atoms with Crippen LogP contribution in [0.4, 0.5) is 26.3 Å². The molecule has 234 valence electrons. The Balaban J connectivity index is 1.68. The Kier molecular flexibility index (Phi) is 5.67. The third-order valence-corrected chi connectivity index (χ3v) is 11.0. The van der Waals surface area contributed by atoms with E-state index in [0.29, 0.717) is 9.82 Å². The van der Waals surface area contributed by atoms with E-state index >= 15 is 26.3 Å². The number of halogens is 6. The molecule has 0 aromatic carbocycles. The molecule has 0 spiro atoms. The molecule has 2 aliphatic heterocycles. The predicted molar refractivity (Wildman–Crippen MR) is 155 cm³/mol. The van der Waals surface area contributed by atoms with E-state index in [4.69, 9.17) is 0 Å². The number of hydrogen-bond donors (Lipinski definition) is 0. The molecule has 6 aliphatic rings. The van der Waals surface area contributed by atoms with Crippen molar-refractivity contribution in [1.29, 1.82) is 0 Å². The maximum absolute atomic E-state index is 15.9. The fraction of sp³-hybridized carbons (Fsp3) is 0.500. The number of alkyl halides is 6. The van der Waals surface area contributed by atoms with Crippen LogP contribution in [0.2, 0.25) is 0 Å². The molecule has 0 radical (unpaired) electrons. The lowest BCUT2D eigenvalue weighted by Gasteiger charge is -2.59. The first-order chi connectivity index (χ1) is 19.9. The van der Waals surface area contributed by atoms with Gasteiger partial charge in [-0.05, 0) is 94.6 Å². The first-order valence-electron chi connectivity index (χ1n) is 14.2. The van der Waals surface area contributed by atoms with Gasteiger partial charge in [0.25, 0.3) is 0 Å². The molecule has 0 aromatic rings. The lowest BCUT2D eigenvalue weighted by Crippen LogP contribution is -2.65. The first-order valence-corrected chi connectivity index (χ1v) is 14.2. The van der Waals surface area contributed by atoms with Gasteiger partial charge < -0.3 is 10.3 Å². The lowest BCUT2D eigenvalue weighted by atomic mass is 9.43. The Morgan fingerprint density at radius 3 is 1.80 bits per heavy atom. The molecule has 0 unspecified atom stereocenters. The summed E-state index contributed by atoms with van der Waals surface area (Å²) in [6.45, 7) is 13.1. The summed E-state index contributed by atoms with van der Waals surface area (Å²) in [5, 5.41) is 14.0. The maximum atomic E-state index is 15.9. The summed E-state index contributed by atoms with van der Waals surface area (Å²) >= 11 is 0. The van der Waals surface area contributed by atoms with E-state index in [1.165, 1.54) is 6.08 Å². The number of amidine groups is 2. The summed E-state index contributed by atoms with van der Waals surface area (Å²) in [5.41, 5.74) is -14.5. The number of hydroxylamine groups is 2. The van der Waals surface area contributed by atoms with Crippen LogP contribution in [0.5, 0.6) is 0 Å². The first kappa shape index (κ1) is 30.5. The Labute approximate surface area is 250 Å². The third kappa shape index (κ3) is 3.17. The fourth-order valence-corrected chi connectivity index (χ4v) is 7.12. The van der Waals surface area contributed by atoms with Crippen molar-refractivity contribution in [2.45, 2.75) is 89.9 Å². The molecule has 6 rings (SSSR count). The van der Waals surface area contributed by atoms with E-state index < -0.39 is 67.6 Å². The van der Waals surface area contributed by atoms with Gasteiger partial charge in [0.2, 0.25) is 0 Å². The molecule has 0 N–H and O–H groups in total. The van der Waals surface area contributed by atoms with E-state index in [9.17, 15) is 10.1 Å². The van der Waals surface area contributed by atoms with Crippen molar-refractivity contribution in [3.05, 3.63) is 92.2 Å². The van der Waals surface area contributed by atoms with Gasteiger partial charge in [-0.1, -0.05) is 46.4 Å². The monoisotopic (exact) mass is 618 g/mol. The smallest absolute Gasteiger partial charge is 0.403 e. The zero-order valence-electron chi connectivity index (χ0n) is 25.5. The molecule has 0 bridgehead atoms. The molecule has 2 heterocycles. The molecule has 4 aliphatic carbocycles.